The van der Waals surface area contributed by atoms with Crippen LogP contribution in [0.5, 0.6) is 0 Å². The highest BCUT2D eigenvalue weighted by Crippen LogP contribution is 2.22. The first-order chi connectivity index (χ1) is 9.81. The maximum absolute atomic E-state index is 12.4. The summed E-state index contributed by atoms with van der Waals surface area (Å²) < 4.78 is 1.78. The second-order valence-electron chi connectivity index (χ2n) is 6.53. The van der Waals surface area contributed by atoms with Gasteiger partial charge in [0.05, 0.1) is 5.69 Å². The van der Waals surface area contributed by atoms with E-state index in [0.717, 1.165) is 17.8 Å². The third-order valence-electron chi connectivity index (χ3n) is 3.67. The molecule has 0 atom stereocenters. The average Bonchev–Trinajstić information content (AvgIpc) is 2.79. The lowest BCUT2D eigenvalue weighted by atomic mass is 9.86. The van der Waals surface area contributed by atoms with E-state index in [-0.39, 0.29) is 11.2 Å². The smallest absolute Gasteiger partial charge is 0.185 e. The third kappa shape index (κ3) is 3.60. The Bertz CT molecular complexity index is 630. The van der Waals surface area contributed by atoms with Crippen LogP contribution >= 0.6 is 0 Å². The van der Waals surface area contributed by atoms with Crippen LogP contribution in [0.15, 0.2) is 30.3 Å². The predicted octanol–water partition coefficient (Wildman–Crippen LogP) is 3.93. The van der Waals surface area contributed by atoms with Gasteiger partial charge in [0.25, 0.3) is 0 Å². The quantitative estimate of drug-likeness (QED) is 0.797. The number of benzene rings is 1. The lowest BCUT2D eigenvalue weighted by Gasteiger charge is -2.19. The summed E-state index contributed by atoms with van der Waals surface area (Å²) in [6.07, 6.45) is 0.426. The van der Waals surface area contributed by atoms with Gasteiger partial charge in [-0.2, -0.15) is 5.10 Å². The van der Waals surface area contributed by atoms with Gasteiger partial charge in [0.15, 0.2) is 5.78 Å². The van der Waals surface area contributed by atoms with E-state index in [4.69, 9.17) is 0 Å². The summed E-state index contributed by atoms with van der Waals surface area (Å²) in [6, 6.07) is 10.2. The van der Waals surface area contributed by atoms with Crippen molar-refractivity contribution < 1.29 is 4.79 Å². The first-order valence-corrected chi connectivity index (χ1v) is 7.48. The number of ketones is 1. The SMILES string of the molecule is CCn1nc(C)cc1C(=O)Cc1ccc(C(C)(C)C)cc1. The molecule has 3 heteroatoms. The third-order valence-corrected chi connectivity index (χ3v) is 3.67. The Labute approximate surface area is 127 Å². The second kappa shape index (κ2) is 5.84. The van der Waals surface area contributed by atoms with Gasteiger partial charge in [-0.3, -0.25) is 9.48 Å². The topological polar surface area (TPSA) is 34.9 Å². The summed E-state index contributed by atoms with van der Waals surface area (Å²) in [7, 11) is 0. The van der Waals surface area contributed by atoms with Crippen LogP contribution in [-0.4, -0.2) is 15.6 Å². The molecule has 0 saturated carbocycles. The van der Waals surface area contributed by atoms with Gasteiger partial charge in [0.1, 0.15) is 5.69 Å². The van der Waals surface area contributed by atoms with Gasteiger partial charge in [0.2, 0.25) is 0 Å². The highest BCUT2D eigenvalue weighted by Gasteiger charge is 2.16. The molecule has 2 aromatic rings. The van der Waals surface area contributed by atoms with E-state index < -0.39 is 0 Å². The summed E-state index contributed by atoms with van der Waals surface area (Å²) in [5, 5.41) is 4.33. The van der Waals surface area contributed by atoms with Crippen molar-refractivity contribution in [2.24, 2.45) is 0 Å². The molecule has 112 valence electrons. The Morgan fingerprint density at radius 2 is 1.81 bits per heavy atom. The zero-order chi connectivity index (χ0) is 15.6. The Kier molecular flexibility index (Phi) is 4.31. The van der Waals surface area contributed by atoms with Crippen LogP contribution in [0.25, 0.3) is 0 Å². The van der Waals surface area contributed by atoms with Crippen LogP contribution < -0.4 is 0 Å². The zero-order valence-corrected chi connectivity index (χ0v) is 13.6. The maximum atomic E-state index is 12.4. The molecule has 2 rings (SSSR count). The predicted molar refractivity (Wildman–Crippen MR) is 85.8 cm³/mol. The van der Waals surface area contributed by atoms with E-state index in [1.807, 2.05) is 19.9 Å². The zero-order valence-electron chi connectivity index (χ0n) is 13.6. The van der Waals surface area contributed by atoms with Crippen molar-refractivity contribution in [1.29, 1.82) is 0 Å². The summed E-state index contributed by atoms with van der Waals surface area (Å²) in [4.78, 5) is 12.4. The van der Waals surface area contributed by atoms with Gasteiger partial charge in [0, 0.05) is 13.0 Å². The van der Waals surface area contributed by atoms with Gasteiger partial charge in [-0.05, 0) is 36.5 Å². The minimum atomic E-state index is 0.126. The fraction of sp³-hybridized carbons (Fsp3) is 0.444. The van der Waals surface area contributed by atoms with Crippen LogP contribution in [0.3, 0.4) is 0 Å². The number of Topliss-reactive ketones (excluding diaryl/α,β-unsaturated/α-hetero) is 1. The van der Waals surface area contributed by atoms with Crippen molar-refractivity contribution in [2.75, 3.05) is 0 Å². The van der Waals surface area contributed by atoms with Crippen LogP contribution in [0.1, 0.15) is 55.0 Å². The summed E-state index contributed by atoms with van der Waals surface area (Å²) in [5.74, 6) is 0.126. The minimum absolute atomic E-state index is 0.126. The molecule has 0 aliphatic heterocycles. The van der Waals surface area contributed by atoms with E-state index in [2.05, 4.69) is 50.1 Å². The number of hydrogen-bond donors (Lipinski definition) is 0. The first kappa shape index (κ1) is 15.5. The molecule has 1 heterocycles. The Morgan fingerprint density at radius 1 is 1.19 bits per heavy atom. The number of hydrogen-bond acceptors (Lipinski definition) is 2. The summed E-state index contributed by atoms with van der Waals surface area (Å²) in [6.45, 7) is 11.2. The van der Waals surface area contributed by atoms with Gasteiger partial charge in [-0.1, -0.05) is 45.0 Å². The van der Waals surface area contributed by atoms with Crippen LogP contribution in [-0.2, 0) is 18.4 Å². The first-order valence-electron chi connectivity index (χ1n) is 7.48. The Morgan fingerprint density at radius 3 is 2.33 bits per heavy atom. The Balaban J connectivity index is 2.16. The van der Waals surface area contributed by atoms with E-state index in [1.165, 1.54) is 5.56 Å². The minimum Gasteiger partial charge on any atom is -0.292 e. The molecule has 0 fully saturated rings. The number of rotatable bonds is 4. The molecule has 0 N–H and O–H groups in total. The molecule has 0 aliphatic carbocycles. The molecule has 21 heavy (non-hydrogen) atoms. The lowest BCUT2D eigenvalue weighted by molar-refractivity contribution is 0.0983. The number of aromatic nitrogens is 2. The number of carbonyl (C=O) groups excluding carboxylic acids is 1. The van der Waals surface area contributed by atoms with Crippen LogP contribution in [0, 0.1) is 6.92 Å². The number of aryl methyl sites for hydroxylation is 2. The van der Waals surface area contributed by atoms with Crippen molar-refractivity contribution >= 4 is 5.78 Å². The summed E-state index contributed by atoms with van der Waals surface area (Å²) >= 11 is 0. The molecule has 0 spiro atoms. The molecule has 1 aromatic carbocycles. The normalized spacial score (nSPS) is 11.7. The molecule has 0 radical (unpaired) electrons. The standard InChI is InChI=1S/C18H24N2O/c1-6-20-16(11-13(2)19-20)17(21)12-14-7-9-15(10-8-14)18(3,4)5/h7-11H,6,12H2,1-5H3. The maximum Gasteiger partial charge on any atom is 0.185 e. The van der Waals surface area contributed by atoms with Crippen molar-refractivity contribution in [3.8, 4) is 0 Å². The van der Waals surface area contributed by atoms with E-state index >= 15 is 0 Å². The monoisotopic (exact) mass is 284 g/mol. The average molecular weight is 284 g/mol. The molecule has 0 bridgehead atoms. The largest absolute Gasteiger partial charge is 0.292 e. The molecule has 1 aromatic heterocycles. The van der Waals surface area contributed by atoms with E-state index in [0.29, 0.717) is 12.1 Å². The molecule has 0 aliphatic rings. The van der Waals surface area contributed by atoms with Gasteiger partial charge < -0.3 is 0 Å². The highest BCUT2D eigenvalue weighted by molar-refractivity contribution is 5.96. The van der Waals surface area contributed by atoms with Gasteiger partial charge in [-0.25, -0.2) is 0 Å². The van der Waals surface area contributed by atoms with Crippen molar-refractivity contribution in [1.82, 2.24) is 9.78 Å². The fourth-order valence-electron chi connectivity index (χ4n) is 2.41. The van der Waals surface area contributed by atoms with Gasteiger partial charge in [-0.15, -0.1) is 0 Å². The van der Waals surface area contributed by atoms with Crippen LogP contribution in [0.4, 0.5) is 0 Å². The number of carbonyl (C=O) groups is 1. The molecule has 3 nitrogen and oxygen atoms in total. The molecule has 0 saturated heterocycles. The number of nitrogens with zero attached hydrogens (tertiary/aromatic N) is 2. The molecular weight excluding hydrogens is 260 g/mol. The summed E-state index contributed by atoms with van der Waals surface area (Å²) in [5.41, 5.74) is 4.07. The van der Waals surface area contributed by atoms with Crippen molar-refractivity contribution in [3.63, 3.8) is 0 Å². The van der Waals surface area contributed by atoms with Crippen molar-refractivity contribution in [3.05, 3.63) is 52.8 Å². The lowest BCUT2D eigenvalue weighted by Crippen LogP contribution is -2.13. The molecule has 0 unspecified atom stereocenters. The second-order valence-corrected chi connectivity index (χ2v) is 6.53. The van der Waals surface area contributed by atoms with E-state index in [9.17, 15) is 4.79 Å². The molecule has 0 amide bonds. The Hall–Kier alpha value is -1.90. The van der Waals surface area contributed by atoms with E-state index in [1.54, 1.807) is 4.68 Å². The van der Waals surface area contributed by atoms with Gasteiger partial charge >= 0.3 is 0 Å². The van der Waals surface area contributed by atoms with Crippen molar-refractivity contribution in [2.45, 2.75) is 53.0 Å². The highest BCUT2D eigenvalue weighted by atomic mass is 16.1. The molecular formula is C18H24N2O. The van der Waals surface area contributed by atoms with Crippen LogP contribution in [0.2, 0.25) is 0 Å². The fourth-order valence-corrected chi connectivity index (χ4v) is 2.41.